The molecule has 0 radical (unpaired) electrons. The van der Waals surface area contributed by atoms with Crippen LogP contribution in [0.3, 0.4) is 0 Å². The number of benzene rings is 13. The normalized spacial score (nSPS) is 13.2. The summed E-state index contributed by atoms with van der Waals surface area (Å²) >= 11 is 0. The van der Waals surface area contributed by atoms with Gasteiger partial charge in [-0.15, -0.1) is 0 Å². The Bertz CT molecular complexity index is 5390. The van der Waals surface area contributed by atoms with Crippen molar-refractivity contribution in [2.75, 3.05) is 0 Å². The van der Waals surface area contributed by atoms with E-state index in [1.807, 2.05) is 0 Å². The van der Waals surface area contributed by atoms with E-state index in [1.165, 1.54) is 89.0 Å². The molecular weight excluding hydrogens is 1230 g/mol. The first-order chi connectivity index (χ1) is 49.0. The lowest BCUT2D eigenvalue weighted by Crippen LogP contribution is -2.25. The van der Waals surface area contributed by atoms with E-state index in [-0.39, 0.29) is 21.7 Å². The van der Waals surface area contributed by atoms with Crippen molar-refractivity contribution in [1.29, 1.82) is 0 Å². The molecule has 13 aromatic carbocycles. The van der Waals surface area contributed by atoms with Crippen molar-refractivity contribution in [3.05, 3.63) is 336 Å². The lowest BCUT2D eigenvalue weighted by Gasteiger charge is -2.30. The Balaban J connectivity index is 0.877. The van der Waals surface area contributed by atoms with Gasteiger partial charge >= 0.3 is 0 Å². The summed E-state index contributed by atoms with van der Waals surface area (Å²) in [6.07, 6.45) is 0. The third-order valence-corrected chi connectivity index (χ3v) is 21.7. The van der Waals surface area contributed by atoms with E-state index < -0.39 is 5.41 Å². The van der Waals surface area contributed by atoms with E-state index in [0.29, 0.717) is 17.6 Å². The molecule has 2 aliphatic rings. The number of fused-ring (bicyclic) bond motifs is 13. The van der Waals surface area contributed by atoms with Crippen molar-refractivity contribution in [2.45, 2.75) is 110 Å². The van der Waals surface area contributed by atoms with Crippen molar-refractivity contribution in [1.82, 2.24) is 19.5 Å². The van der Waals surface area contributed by atoms with Gasteiger partial charge in [0.15, 0.2) is 11.6 Å². The molecule has 0 saturated heterocycles. The van der Waals surface area contributed by atoms with Crippen LogP contribution in [0.4, 0.5) is 0 Å². The zero-order valence-electron chi connectivity index (χ0n) is 60.5. The number of hydrogen-bond acceptors (Lipinski definition) is 3. The molecule has 0 saturated carbocycles. The third kappa shape index (κ3) is 11.0. The lowest BCUT2D eigenvalue weighted by atomic mass is 9.70. The Labute approximate surface area is 601 Å². The minimum Gasteiger partial charge on any atom is -0.278 e. The Morgan fingerprint density at radius 1 is 0.225 bits per heavy atom. The summed E-state index contributed by atoms with van der Waals surface area (Å²) in [6.45, 7) is 27.3. The molecular formula is C98H84N4. The predicted octanol–water partition coefficient (Wildman–Crippen LogP) is 25.8. The summed E-state index contributed by atoms with van der Waals surface area (Å²) < 4.78 is 2.31. The van der Waals surface area contributed by atoms with Crippen LogP contribution in [0.15, 0.2) is 291 Å². The topological polar surface area (TPSA) is 43.6 Å². The first kappa shape index (κ1) is 64.1. The van der Waals surface area contributed by atoms with Gasteiger partial charge < -0.3 is 0 Å². The Kier molecular flexibility index (Phi) is 15.0. The van der Waals surface area contributed by atoms with Gasteiger partial charge in [-0.2, -0.15) is 9.97 Å². The van der Waals surface area contributed by atoms with E-state index in [0.717, 1.165) is 77.4 Å². The summed E-state index contributed by atoms with van der Waals surface area (Å²) in [5.41, 5.74) is 32.4. The van der Waals surface area contributed by atoms with Gasteiger partial charge in [-0.25, -0.2) is 4.98 Å². The first-order valence-corrected chi connectivity index (χ1v) is 36.1. The quantitative estimate of drug-likeness (QED) is 0.145. The number of hydrogen-bond donors (Lipinski definition) is 0. The molecule has 0 fully saturated rings. The van der Waals surface area contributed by atoms with Crippen LogP contribution < -0.4 is 0 Å². The monoisotopic (exact) mass is 1320 g/mol. The molecule has 1 spiro atoms. The van der Waals surface area contributed by atoms with Gasteiger partial charge in [0.05, 0.1) is 16.4 Å². The second-order valence-corrected chi connectivity index (χ2v) is 32.5. The Morgan fingerprint density at radius 3 is 0.912 bits per heavy atom. The van der Waals surface area contributed by atoms with Gasteiger partial charge in [-0.05, 0) is 222 Å². The van der Waals surface area contributed by atoms with Gasteiger partial charge in [0.2, 0.25) is 5.95 Å². The molecule has 0 atom stereocenters. The van der Waals surface area contributed by atoms with Gasteiger partial charge in [-0.3, -0.25) is 4.57 Å². The highest BCUT2D eigenvalue weighted by Crippen LogP contribution is 2.63. The fraction of sp³-hybridized carbons (Fsp3) is 0.173. The molecule has 0 N–H and O–H groups in total. The molecule has 2 aliphatic carbocycles. The molecule has 0 unspecified atom stereocenters. The maximum Gasteiger partial charge on any atom is 0.238 e. The molecule has 0 aliphatic heterocycles. The summed E-state index contributed by atoms with van der Waals surface area (Å²) in [4.78, 5) is 17.1. The largest absolute Gasteiger partial charge is 0.278 e. The fourth-order valence-corrected chi connectivity index (χ4v) is 16.1. The van der Waals surface area contributed by atoms with Gasteiger partial charge in [0, 0.05) is 21.9 Å². The van der Waals surface area contributed by atoms with Crippen LogP contribution in [0.5, 0.6) is 0 Å². The highest BCUT2D eigenvalue weighted by molar-refractivity contribution is 6.12. The Morgan fingerprint density at radius 2 is 0.539 bits per heavy atom. The van der Waals surface area contributed by atoms with E-state index in [1.54, 1.807) is 0 Å². The highest BCUT2D eigenvalue weighted by atomic mass is 15.2. The first-order valence-electron chi connectivity index (χ1n) is 36.1. The van der Waals surface area contributed by atoms with Crippen LogP contribution in [0, 0.1) is 0 Å². The van der Waals surface area contributed by atoms with Crippen LogP contribution in [0.1, 0.15) is 128 Å². The molecule has 2 heterocycles. The van der Waals surface area contributed by atoms with Crippen LogP contribution in [-0.2, 0) is 27.1 Å². The van der Waals surface area contributed by atoms with E-state index in [4.69, 9.17) is 15.0 Å². The standard InChI is InChI=1S/C98H84N4/c1-94(2,3)75-43-35-61(36-44-75)69-53-70(62-37-45-76(46-38-62)95(4,5)6)56-73(55-69)65-23-21-25-67(51-65)91-99-92(68-26-22-24-66(52-68)74-57-71(63-39-47-77(48-40-63)96(7,8)9)54-72(58-74)64-41-49-78(50-42-64)97(10,11)12)101-93(100-91)102-89-34-20-16-30-82(89)84-59-83-81-29-15-19-33-87(81)98(88(83)60-90(84)102)85-31-17-13-27-79(85)80-28-14-18-32-86(80)98/h13-60H,1-12H3. The predicted molar refractivity (Wildman–Crippen MR) is 429 cm³/mol. The van der Waals surface area contributed by atoms with Crippen molar-refractivity contribution in [2.24, 2.45) is 0 Å². The van der Waals surface area contributed by atoms with Crippen molar-refractivity contribution in [3.8, 4) is 118 Å². The molecule has 102 heavy (non-hydrogen) atoms. The molecule has 4 heteroatoms. The molecule has 4 nitrogen and oxygen atoms in total. The maximum atomic E-state index is 5.74. The Hall–Kier alpha value is -11.3. The lowest BCUT2D eigenvalue weighted by molar-refractivity contribution is 0.590. The number of para-hydroxylation sites is 1. The van der Waals surface area contributed by atoms with Gasteiger partial charge in [-0.1, -0.05) is 308 Å². The van der Waals surface area contributed by atoms with Crippen molar-refractivity contribution in [3.63, 3.8) is 0 Å². The van der Waals surface area contributed by atoms with Gasteiger partial charge in [0.1, 0.15) is 0 Å². The average molecular weight is 1320 g/mol. The van der Waals surface area contributed by atoms with Crippen LogP contribution in [-0.4, -0.2) is 19.5 Å². The van der Waals surface area contributed by atoms with Crippen LogP contribution in [0.25, 0.3) is 140 Å². The van der Waals surface area contributed by atoms with E-state index in [2.05, 4.69) is 379 Å². The summed E-state index contributed by atoms with van der Waals surface area (Å²) in [5, 5.41) is 2.26. The molecule has 17 rings (SSSR count). The molecule has 0 bridgehead atoms. The van der Waals surface area contributed by atoms with Crippen LogP contribution in [0.2, 0.25) is 0 Å². The summed E-state index contributed by atoms with van der Waals surface area (Å²) in [5.74, 6) is 1.69. The van der Waals surface area contributed by atoms with E-state index in [9.17, 15) is 0 Å². The average Bonchev–Trinajstić information content (AvgIpc) is 1.50. The SMILES string of the molecule is CC(C)(C)c1ccc(-c2cc(-c3ccc(C(C)(C)C)cc3)cc(-c3cccc(-c4nc(-c5cccc(-c6cc(-c7ccc(C(C)(C)C)cc7)cc(-c7ccc(C(C)(C)C)cc7)c6)c5)nc(-n5c6ccccc6c6cc7c(cc65)C5(c6ccccc6-c6ccccc65)c5ccccc5-7)n4)c3)c2)cc1. The fourth-order valence-electron chi connectivity index (χ4n) is 16.1. The number of aromatic nitrogens is 4. The van der Waals surface area contributed by atoms with Crippen molar-refractivity contribution >= 4 is 21.8 Å². The minimum absolute atomic E-state index is 0.0280. The summed E-state index contributed by atoms with van der Waals surface area (Å²) in [7, 11) is 0. The number of rotatable bonds is 9. The second kappa shape index (κ2) is 23.9. The third-order valence-electron chi connectivity index (χ3n) is 21.7. The minimum atomic E-state index is -0.559. The highest BCUT2D eigenvalue weighted by Gasteiger charge is 2.52. The van der Waals surface area contributed by atoms with Crippen molar-refractivity contribution < 1.29 is 0 Å². The zero-order valence-corrected chi connectivity index (χ0v) is 60.5. The molecule has 15 aromatic rings. The molecule has 2 aromatic heterocycles. The summed E-state index contributed by atoms with van der Waals surface area (Å²) in [6, 6.07) is 109. The van der Waals surface area contributed by atoms with E-state index >= 15 is 0 Å². The zero-order chi connectivity index (χ0) is 70.2. The van der Waals surface area contributed by atoms with Crippen LogP contribution >= 0.6 is 0 Å². The second-order valence-electron chi connectivity index (χ2n) is 32.5. The van der Waals surface area contributed by atoms with Gasteiger partial charge in [0.25, 0.3) is 0 Å². The number of nitrogens with zero attached hydrogens (tertiary/aromatic N) is 4. The smallest absolute Gasteiger partial charge is 0.238 e. The molecule has 496 valence electrons. The molecule has 0 amide bonds. The maximum absolute atomic E-state index is 5.74.